The van der Waals surface area contributed by atoms with Gasteiger partial charge in [0.2, 0.25) is 10.0 Å². The molecule has 0 aromatic carbocycles. The SMILES string of the molecule is CCN(C(C)CN(C)C)S(=O)(=O)c1cc(C(=O)O)sc1Br. The fraction of sp³-hybridized carbons (Fsp3) is 0.583. The lowest BCUT2D eigenvalue weighted by molar-refractivity contribution is 0.0702. The molecule has 6 nitrogen and oxygen atoms in total. The summed E-state index contributed by atoms with van der Waals surface area (Å²) in [5.74, 6) is -1.13. The van der Waals surface area contributed by atoms with Gasteiger partial charge in [0.15, 0.2) is 0 Å². The molecule has 0 saturated carbocycles. The van der Waals surface area contributed by atoms with Gasteiger partial charge in [0.05, 0.1) is 3.79 Å². The maximum Gasteiger partial charge on any atom is 0.345 e. The highest BCUT2D eigenvalue weighted by atomic mass is 79.9. The number of hydrogen-bond donors (Lipinski definition) is 1. The second-order valence-electron chi connectivity index (χ2n) is 4.87. The van der Waals surface area contributed by atoms with Gasteiger partial charge in [-0.05, 0) is 43.0 Å². The Hall–Kier alpha value is -0.480. The number of nitrogens with zero attached hydrogens (tertiary/aromatic N) is 2. The van der Waals surface area contributed by atoms with Crippen molar-refractivity contribution in [2.24, 2.45) is 0 Å². The molecule has 1 N–H and O–H groups in total. The summed E-state index contributed by atoms with van der Waals surface area (Å²) in [5.41, 5.74) is 0. The molecule has 1 heterocycles. The van der Waals surface area contributed by atoms with E-state index in [-0.39, 0.29) is 15.8 Å². The number of carboxylic acids is 1. The van der Waals surface area contributed by atoms with Crippen LogP contribution in [0.25, 0.3) is 0 Å². The van der Waals surface area contributed by atoms with E-state index in [0.29, 0.717) is 16.9 Å². The summed E-state index contributed by atoms with van der Waals surface area (Å²) < 4.78 is 27.2. The first-order valence-electron chi connectivity index (χ1n) is 6.30. The number of carbonyl (C=O) groups is 1. The Labute approximate surface area is 137 Å². The molecule has 0 aliphatic heterocycles. The summed E-state index contributed by atoms with van der Waals surface area (Å²) in [6, 6.07) is 0.993. The monoisotopic (exact) mass is 398 g/mol. The molecular weight excluding hydrogens is 380 g/mol. The van der Waals surface area contributed by atoms with E-state index in [1.54, 1.807) is 6.92 Å². The lowest BCUT2D eigenvalue weighted by atomic mass is 10.3. The van der Waals surface area contributed by atoms with Gasteiger partial charge in [-0.25, -0.2) is 13.2 Å². The standard InChI is InChI=1S/C12H19BrN2O4S2/c1-5-15(8(2)7-14(3)4)21(18,19)10-6-9(12(16)17)20-11(10)13/h6,8H,5,7H2,1-4H3,(H,16,17). The molecule has 1 aromatic rings. The second kappa shape index (κ2) is 7.19. The Morgan fingerprint density at radius 2 is 2.05 bits per heavy atom. The third kappa shape index (κ3) is 4.26. The number of sulfonamides is 1. The highest BCUT2D eigenvalue weighted by molar-refractivity contribution is 9.11. The average molecular weight is 399 g/mol. The molecule has 9 heteroatoms. The first kappa shape index (κ1) is 18.6. The highest BCUT2D eigenvalue weighted by Crippen LogP contribution is 2.34. The molecular formula is C12H19BrN2O4S2. The summed E-state index contributed by atoms with van der Waals surface area (Å²) in [4.78, 5) is 12.9. The van der Waals surface area contributed by atoms with Crippen molar-refractivity contribution in [1.29, 1.82) is 0 Å². The molecule has 1 unspecified atom stereocenters. The summed E-state index contributed by atoms with van der Waals surface area (Å²) in [5, 5.41) is 8.99. The van der Waals surface area contributed by atoms with Gasteiger partial charge in [0.1, 0.15) is 9.77 Å². The summed E-state index contributed by atoms with van der Waals surface area (Å²) in [7, 11) is 0.0175. The zero-order valence-corrected chi connectivity index (χ0v) is 15.5. The van der Waals surface area contributed by atoms with Crippen molar-refractivity contribution in [1.82, 2.24) is 9.21 Å². The number of likely N-dealkylation sites (N-methyl/N-ethyl adjacent to an activating group) is 2. The van der Waals surface area contributed by atoms with E-state index in [0.717, 1.165) is 11.3 Å². The van der Waals surface area contributed by atoms with Crippen molar-refractivity contribution < 1.29 is 18.3 Å². The molecule has 1 aromatic heterocycles. The van der Waals surface area contributed by atoms with Crippen LogP contribution in [0.4, 0.5) is 0 Å². The van der Waals surface area contributed by atoms with Crippen LogP contribution in [0.3, 0.4) is 0 Å². The predicted octanol–water partition coefficient (Wildman–Crippen LogP) is 2.17. The zero-order valence-electron chi connectivity index (χ0n) is 12.3. The van der Waals surface area contributed by atoms with Gasteiger partial charge >= 0.3 is 5.97 Å². The number of rotatable bonds is 7. The number of halogens is 1. The number of carboxylic acid groups (broad SMARTS) is 1. The molecule has 0 bridgehead atoms. The van der Waals surface area contributed by atoms with E-state index in [9.17, 15) is 13.2 Å². The van der Waals surface area contributed by atoms with Gasteiger partial charge < -0.3 is 10.0 Å². The molecule has 0 aliphatic rings. The lowest BCUT2D eigenvalue weighted by Gasteiger charge is -2.29. The fourth-order valence-corrected chi connectivity index (χ4v) is 6.08. The van der Waals surface area contributed by atoms with Gasteiger partial charge in [0, 0.05) is 19.1 Å². The van der Waals surface area contributed by atoms with E-state index in [4.69, 9.17) is 5.11 Å². The number of hydrogen-bond acceptors (Lipinski definition) is 5. The minimum absolute atomic E-state index is 0.00299. The third-order valence-corrected chi connectivity index (χ3v) is 7.21. The van der Waals surface area contributed by atoms with Crippen LogP contribution in [0.2, 0.25) is 0 Å². The van der Waals surface area contributed by atoms with Gasteiger partial charge in [-0.1, -0.05) is 6.92 Å². The molecule has 0 amide bonds. The second-order valence-corrected chi connectivity index (χ2v) is 9.10. The van der Waals surface area contributed by atoms with Crippen LogP contribution >= 0.6 is 27.3 Å². The molecule has 1 atom stereocenters. The van der Waals surface area contributed by atoms with Gasteiger partial charge in [-0.2, -0.15) is 4.31 Å². The normalized spacial score (nSPS) is 13.9. The van der Waals surface area contributed by atoms with E-state index < -0.39 is 16.0 Å². The summed E-state index contributed by atoms with van der Waals surface area (Å²) in [6.07, 6.45) is 0. The largest absolute Gasteiger partial charge is 0.477 e. The van der Waals surface area contributed by atoms with Crippen LogP contribution in [0.15, 0.2) is 14.7 Å². The lowest BCUT2D eigenvalue weighted by Crippen LogP contribution is -2.43. The molecule has 0 saturated heterocycles. The van der Waals surface area contributed by atoms with Crippen LogP contribution < -0.4 is 0 Å². The van der Waals surface area contributed by atoms with Crippen molar-refractivity contribution >= 4 is 43.3 Å². The van der Waals surface area contributed by atoms with Crippen LogP contribution in [0.5, 0.6) is 0 Å². The smallest absolute Gasteiger partial charge is 0.345 e. The average Bonchev–Trinajstić information content (AvgIpc) is 2.71. The molecule has 1 rings (SSSR count). The third-order valence-electron chi connectivity index (χ3n) is 2.89. The number of aromatic carboxylic acids is 1. The van der Waals surface area contributed by atoms with Crippen LogP contribution in [-0.2, 0) is 10.0 Å². The maximum atomic E-state index is 12.7. The minimum Gasteiger partial charge on any atom is -0.477 e. The molecule has 21 heavy (non-hydrogen) atoms. The van der Waals surface area contributed by atoms with Crippen LogP contribution in [-0.4, -0.2) is 61.9 Å². The van der Waals surface area contributed by atoms with E-state index >= 15 is 0 Å². The van der Waals surface area contributed by atoms with Crippen molar-refractivity contribution in [3.05, 3.63) is 14.7 Å². The number of thiophene rings is 1. The van der Waals surface area contributed by atoms with Crippen molar-refractivity contribution in [3.63, 3.8) is 0 Å². The van der Waals surface area contributed by atoms with Crippen LogP contribution in [0.1, 0.15) is 23.5 Å². The molecule has 0 spiro atoms. The molecule has 0 fully saturated rings. The quantitative estimate of drug-likeness (QED) is 0.761. The van der Waals surface area contributed by atoms with E-state index in [1.807, 2.05) is 25.9 Å². The van der Waals surface area contributed by atoms with Crippen molar-refractivity contribution in [2.75, 3.05) is 27.2 Å². The first-order chi connectivity index (χ1) is 9.61. The van der Waals surface area contributed by atoms with Gasteiger partial charge in [-0.15, -0.1) is 11.3 Å². The molecule has 0 aliphatic carbocycles. The zero-order chi connectivity index (χ0) is 16.4. The summed E-state index contributed by atoms with van der Waals surface area (Å²) in [6.45, 7) is 4.50. The topological polar surface area (TPSA) is 77.9 Å². The van der Waals surface area contributed by atoms with Crippen molar-refractivity contribution in [2.45, 2.75) is 24.8 Å². The Balaban J connectivity index is 3.21. The Morgan fingerprint density at radius 3 is 2.43 bits per heavy atom. The molecule has 120 valence electrons. The van der Waals surface area contributed by atoms with E-state index in [2.05, 4.69) is 15.9 Å². The van der Waals surface area contributed by atoms with Gasteiger partial charge in [0.25, 0.3) is 0 Å². The minimum atomic E-state index is -3.73. The Morgan fingerprint density at radius 1 is 1.48 bits per heavy atom. The summed E-state index contributed by atoms with van der Waals surface area (Å²) >= 11 is 4.06. The van der Waals surface area contributed by atoms with Crippen molar-refractivity contribution in [3.8, 4) is 0 Å². The maximum absolute atomic E-state index is 12.7. The fourth-order valence-electron chi connectivity index (χ4n) is 2.10. The Bertz CT molecular complexity index is 613. The Kier molecular flexibility index (Phi) is 6.36. The predicted molar refractivity (Wildman–Crippen MR) is 86.6 cm³/mol. The van der Waals surface area contributed by atoms with Crippen LogP contribution in [0, 0.1) is 0 Å². The highest BCUT2D eigenvalue weighted by Gasteiger charge is 2.31. The van der Waals surface area contributed by atoms with E-state index in [1.165, 1.54) is 10.4 Å². The van der Waals surface area contributed by atoms with Gasteiger partial charge in [-0.3, -0.25) is 0 Å². The first-order valence-corrected chi connectivity index (χ1v) is 9.35. The molecule has 0 radical (unpaired) electrons.